The quantitative estimate of drug-likeness (QED) is 0.587. The molecule has 0 bridgehead atoms. The molecule has 1 aromatic carbocycles. The number of hydrogen-bond acceptors (Lipinski definition) is 4. The molecule has 152 valence electrons. The maximum atomic E-state index is 5.52. The van der Waals surface area contributed by atoms with Crippen LogP contribution in [0.2, 0.25) is 0 Å². The number of guanidine groups is 1. The summed E-state index contributed by atoms with van der Waals surface area (Å²) in [6.07, 6.45) is 4.68. The molecule has 0 radical (unpaired) electrons. The summed E-state index contributed by atoms with van der Waals surface area (Å²) in [6, 6.07) is 8.23. The molecule has 7 heteroatoms. The van der Waals surface area contributed by atoms with Gasteiger partial charge in [0.15, 0.2) is 11.8 Å². The van der Waals surface area contributed by atoms with E-state index in [9.17, 15) is 0 Å². The van der Waals surface area contributed by atoms with Gasteiger partial charge in [-0.15, -0.1) is 10.2 Å². The van der Waals surface area contributed by atoms with Crippen molar-refractivity contribution in [2.45, 2.75) is 59.2 Å². The van der Waals surface area contributed by atoms with Gasteiger partial charge in [-0.05, 0) is 44.4 Å². The lowest BCUT2D eigenvalue weighted by Crippen LogP contribution is -2.38. The maximum Gasteiger partial charge on any atom is 0.194 e. The van der Waals surface area contributed by atoms with Crippen LogP contribution >= 0.6 is 0 Å². The lowest BCUT2D eigenvalue weighted by Gasteiger charge is -2.22. The molecule has 0 atom stereocenters. The van der Waals surface area contributed by atoms with E-state index in [1.165, 1.54) is 24.8 Å². The van der Waals surface area contributed by atoms with Gasteiger partial charge in [-0.3, -0.25) is 0 Å². The monoisotopic (exact) mass is 384 g/mol. The van der Waals surface area contributed by atoms with Crippen LogP contribution in [0.4, 0.5) is 0 Å². The van der Waals surface area contributed by atoms with Gasteiger partial charge >= 0.3 is 0 Å². The normalized spacial score (nSPS) is 14.3. The molecule has 2 aromatic rings. The van der Waals surface area contributed by atoms with Crippen LogP contribution in [-0.2, 0) is 26.1 Å². The average Bonchev–Trinajstić information content (AvgIpc) is 2.93. The van der Waals surface area contributed by atoms with Crippen LogP contribution in [0.15, 0.2) is 29.3 Å². The molecule has 28 heavy (non-hydrogen) atoms. The Kier molecular flexibility index (Phi) is 7.28. The van der Waals surface area contributed by atoms with Gasteiger partial charge < -0.3 is 19.5 Å². The van der Waals surface area contributed by atoms with Crippen LogP contribution in [0.25, 0.3) is 0 Å². The minimum atomic E-state index is 0.545. The first-order chi connectivity index (χ1) is 13.7. The minimum Gasteiger partial charge on any atom is -0.494 e. The zero-order valence-corrected chi connectivity index (χ0v) is 17.3. The molecule has 3 rings (SSSR count). The number of aliphatic imine (C=N–C) groups is 1. The Balaban J connectivity index is 1.67. The van der Waals surface area contributed by atoms with Gasteiger partial charge in [-0.2, -0.15) is 0 Å². The molecule has 1 N–H and O–H groups in total. The zero-order chi connectivity index (χ0) is 19.8. The fraction of sp³-hybridized carbons (Fsp3) is 0.571. The van der Waals surface area contributed by atoms with E-state index in [0.29, 0.717) is 13.2 Å². The highest BCUT2D eigenvalue weighted by atomic mass is 16.5. The van der Waals surface area contributed by atoms with Crippen molar-refractivity contribution in [2.75, 3.05) is 20.2 Å². The molecular weight excluding hydrogens is 352 g/mol. The van der Waals surface area contributed by atoms with E-state index in [2.05, 4.69) is 51.1 Å². The first kappa shape index (κ1) is 20.2. The second kappa shape index (κ2) is 10.1. The van der Waals surface area contributed by atoms with E-state index in [4.69, 9.17) is 9.73 Å². The summed E-state index contributed by atoms with van der Waals surface area (Å²) in [5.41, 5.74) is 1.22. The second-order valence-electron chi connectivity index (χ2n) is 7.10. The SMILES string of the molecule is CCNC(=NCc1nnc2n1CCCCC2)N(C)Cc1ccc(OCC)cc1. The number of benzene rings is 1. The third-order valence-corrected chi connectivity index (χ3v) is 4.91. The highest BCUT2D eigenvalue weighted by Gasteiger charge is 2.15. The zero-order valence-electron chi connectivity index (χ0n) is 17.3. The van der Waals surface area contributed by atoms with Crippen molar-refractivity contribution in [1.29, 1.82) is 0 Å². The molecule has 0 fully saturated rings. The first-order valence-electron chi connectivity index (χ1n) is 10.3. The van der Waals surface area contributed by atoms with E-state index in [1.807, 2.05) is 19.1 Å². The van der Waals surface area contributed by atoms with Crippen molar-refractivity contribution in [3.63, 3.8) is 0 Å². The molecule has 1 aliphatic heterocycles. The molecule has 1 aromatic heterocycles. The molecule has 1 aliphatic rings. The number of fused-ring (bicyclic) bond motifs is 1. The Morgan fingerprint density at radius 3 is 2.75 bits per heavy atom. The lowest BCUT2D eigenvalue weighted by atomic mass is 10.2. The largest absolute Gasteiger partial charge is 0.494 e. The van der Waals surface area contributed by atoms with Crippen LogP contribution in [-0.4, -0.2) is 45.8 Å². The van der Waals surface area contributed by atoms with Crippen LogP contribution < -0.4 is 10.1 Å². The van der Waals surface area contributed by atoms with Crippen LogP contribution in [0, 0.1) is 0 Å². The van der Waals surface area contributed by atoms with E-state index in [-0.39, 0.29) is 0 Å². The Morgan fingerprint density at radius 1 is 1.18 bits per heavy atom. The molecule has 0 amide bonds. The highest BCUT2D eigenvalue weighted by molar-refractivity contribution is 5.79. The van der Waals surface area contributed by atoms with E-state index in [0.717, 1.165) is 49.4 Å². The van der Waals surface area contributed by atoms with Gasteiger partial charge in [0.2, 0.25) is 0 Å². The summed E-state index contributed by atoms with van der Waals surface area (Å²) >= 11 is 0. The Morgan fingerprint density at radius 2 is 2.00 bits per heavy atom. The number of nitrogens with zero attached hydrogens (tertiary/aromatic N) is 5. The minimum absolute atomic E-state index is 0.545. The van der Waals surface area contributed by atoms with Gasteiger partial charge in [0.05, 0.1) is 6.61 Å². The fourth-order valence-electron chi connectivity index (χ4n) is 3.48. The third-order valence-electron chi connectivity index (χ3n) is 4.91. The van der Waals surface area contributed by atoms with Crippen LogP contribution in [0.1, 0.15) is 50.3 Å². The third kappa shape index (κ3) is 5.24. The number of aromatic nitrogens is 3. The Bertz CT molecular complexity index is 768. The predicted octanol–water partition coefficient (Wildman–Crippen LogP) is 3.00. The second-order valence-corrected chi connectivity index (χ2v) is 7.10. The molecule has 0 saturated carbocycles. The van der Waals surface area contributed by atoms with Crippen molar-refractivity contribution in [2.24, 2.45) is 4.99 Å². The molecule has 0 spiro atoms. The summed E-state index contributed by atoms with van der Waals surface area (Å²) in [6.45, 7) is 7.91. The standard InChI is InChI=1S/C21H32N6O/c1-4-22-21(26(3)16-17-10-12-18(13-11-17)28-5-2)23-15-20-25-24-19-9-7-6-8-14-27(19)20/h10-13H,4-9,14-16H2,1-3H3,(H,22,23). The number of aryl methyl sites for hydroxylation is 1. The molecular formula is C21H32N6O. The van der Waals surface area contributed by atoms with Crippen molar-refractivity contribution in [1.82, 2.24) is 25.0 Å². The summed E-state index contributed by atoms with van der Waals surface area (Å²) in [7, 11) is 2.06. The molecule has 0 unspecified atom stereocenters. The molecule has 7 nitrogen and oxygen atoms in total. The summed E-state index contributed by atoms with van der Waals surface area (Å²) in [4.78, 5) is 6.96. The van der Waals surface area contributed by atoms with Crippen molar-refractivity contribution in [3.8, 4) is 5.75 Å². The van der Waals surface area contributed by atoms with E-state index in [1.54, 1.807) is 0 Å². The number of ether oxygens (including phenoxy) is 1. The summed E-state index contributed by atoms with van der Waals surface area (Å²) in [5, 5.41) is 12.1. The number of rotatable bonds is 7. The smallest absolute Gasteiger partial charge is 0.194 e. The molecule has 0 saturated heterocycles. The van der Waals surface area contributed by atoms with Crippen molar-refractivity contribution < 1.29 is 4.74 Å². The van der Waals surface area contributed by atoms with E-state index < -0.39 is 0 Å². The summed E-state index contributed by atoms with van der Waals surface area (Å²) in [5.74, 6) is 3.85. The van der Waals surface area contributed by atoms with E-state index >= 15 is 0 Å². The summed E-state index contributed by atoms with van der Waals surface area (Å²) < 4.78 is 7.78. The first-order valence-corrected chi connectivity index (χ1v) is 10.3. The van der Waals surface area contributed by atoms with Crippen LogP contribution in [0.3, 0.4) is 0 Å². The Labute approximate surface area is 167 Å². The van der Waals surface area contributed by atoms with Gasteiger partial charge in [0.1, 0.15) is 18.1 Å². The topological polar surface area (TPSA) is 67.6 Å². The van der Waals surface area contributed by atoms with Gasteiger partial charge in [-0.25, -0.2) is 4.99 Å². The van der Waals surface area contributed by atoms with Crippen molar-refractivity contribution in [3.05, 3.63) is 41.5 Å². The molecule has 0 aliphatic carbocycles. The number of nitrogens with one attached hydrogen (secondary N) is 1. The molecule has 2 heterocycles. The maximum absolute atomic E-state index is 5.52. The Hall–Kier alpha value is -2.57. The van der Waals surface area contributed by atoms with Gasteiger partial charge in [0.25, 0.3) is 0 Å². The van der Waals surface area contributed by atoms with Crippen molar-refractivity contribution >= 4 is 5.96 Å². The number of hydrogen-bond donors (Lipinski definition) is 1. The lowest BCUT2D eigenvalue weighted by molar-refractivity contribution is 0.340. The van der Waals surface area contributed by atoms with Gasteiger partial charge in [0, 0.05) is 33.1 Å². The average molecular weight is 385 g/mol. The predicted molar refractivity (Wildman–Crippen MR) is 111 cm³/mol. The van der Waals surface area contributed by atoms with Crippen LogP contribution in [0.5, 0.6) is 5.75 Å². The fourth-order valence-corrected chi connectivity index (χ4v) is 3.48. The highest BCUT2D eigenvalue weighted by Crippen LogP contribution is 2.16. The van der Waals surface area contributed by atoms with Gasteiger partial charge in [-0.1, -0.05) is 18.6 Å².